The lowest BCUT2D eigenvalue weighted by Gasteiger charge is -2.09. The van der Waals surface area contributed by atoms with Gasteiger partial charge in [-0.3, -0.25) is 0 Å². The normalized spacial score (nSPS) is 13.9. The van der Waals surface area contributed by atoms with Crippen molar-refractivity contribution in [1.29, 1.82) is 0 Å². The minimum Gasteiger partial charge on any atom is -0.493 e. The Balaban J connectivity index is 1.77. The van der Waals surface area contributed by atoms with Gasteiger partial charge in [0.15, 0.2) is 17.1 Å². The fourth-order valence-corrected chi connectivity index (χ4v) is 3.43. The predicted octanol–water partition coefficient (Wildman–Crippen LogP) is 3.69. The van der Waals surface area contributed by atoms with Gasteiger partial charge in [0, 0.05) is 18.7 Å². The molecule has 0 amide bonds. The molecule has 134 valence electrons. The van der Waals surface area contributed by atoms with E-state index < -0.39 is 5.97 Å². The summed E-state index contributed by atoms with van der Waals surface area (Å²) in [6, 6.07) is 8.85. The van der Waals surface area contributed by atoms with Crippen molar-refractivity contribution in [3.8, 4) is 11.5 Å². The van der Waals surface area contributed by atoms with Crippen LogP contribution in [-0.2, 0) is 13.0 Å². The van der Waals surface area contributed by atoms with Crippen LogP contribution in [-0.4, -0.2) is 27.6 Å². The second-order valence-corrected chi connectivity index (χ2v) is 6.51. The number of benzene rings is 1. The molecule has 0 bridgehead atoms. The molecule has 2 aromatic heterocycles. The van der Waals surface area contributed by atoms with Gasteiger partial charge in [0.25, 0.3) is 0 Å². The van der Waals surface area contributed by atoms with Crippen LogP contribution in [0.2, 0.25) is 0 Å². The van der Waals surface area contributed by atoms with Gasteiger partial charge >= 0.3 is 5.97 Å². The summed E-state index contributed by atoms with van der Waals surface area (Å²) < 4.78 is 13.0. The van der Waals surface area contributed by atoms with Crippen molar-refractivity contribution in [3.05, 3.63) is 47.4 Å². The number of methoxy groups -OCH3 is 1. The highest BCUT2D eigenvalue weighted by molar-refractivity contribution is 6.02. The maximum absolute atomic E-state index is 12.9. The number of hydrogen-bond donors (Lipinski definition) is 0. The zero-order chi connectivity index (χ0) is 18.1. The summed E-state index contributed by atoms with van der Waals surface area (Å²) in [7, 11) is 1.55. The summed E-state index contributed by atoms with van der Waals surface area (Å²) in [6.45, 7) is 2.78. The molecule has 1 aromatic carbocycles. The maximum atomic E-state index is 12.9. The van der Waals surface area contributed by atoms with Crippen LogP contribution in [0, 0.1) is 6.92 Å². The maximum Gasteiger partial charge on any atom is 0.346 e. The molecule has 26 heavy (non-hydrogen) atoms. The largest absolute Gasteiger partial charge is 0.493 e. The van der Waals surface area contributed by atoms with E-state index in [9.17, 15) is 4.79 Å². The van der Waals surface area contributed by atoms with Crippen LogP contribution < -0.4 is 9.47 Å². The third-order valence-electron chi connectivity index (χ3n) is 4.68. The molecule has 0 unspecified atom stereocenters. The van der Waals surface area contributed by atoms with Crippen molar-refractivity contribution >= 4 is 17.1 Å². The Kier molecular flexibility index (Phi) is 4.32. The summed E-state index contributed by atoms with van der Waals surface area (Å²) in [4.78, 5) is 22.2. The quantitative estimate of drug-likeness (QED) is 0.532. The summed E-state index contributed by atoms with van der Waals surface area (Å²) in [5.41, 5.74) is 2.61. The van der Waals surface area contributed by atoms with E-state index in [0.29, 0.717) is 22.6 Å². The summed E-state index contributed by atoms with van der Waals surface area (Å²) in [5, 5.41) is 0. The molecule has 0 saturated heterocycles. The Bertz CT molecular complexity index is 978. The Labute approximate surface area is 151 Å². The van der Waals surface area contributed by atoms with E-state index in [4.69, 9.17) is 14.5 Å². The Morgan fingerprint density at radius 1 is 1.12 bits per heavy atom. The number of carbonyl (C=O) groups is 1. The van der Waals surface area contributed by atoms with Gasteiger partial charge in [0.1, 0.15) is 11.3 Å². The minimum absolute atomic E-state index is 0.392. The zero-order valence-corrected chi connectivity index (χ0v) is 15.0. The Morgan fingerprint density at radius 2 is 1.92 bits per heavy atom. The molecule has 0 saturated carbocycles. The van der Waals surface area contributed by atoms with Crippen LogP contribution in [0.15, 0.2) is 30.3 Å². The first-order chi connectivity index (χ1) is 12.7. The smallest absolute Gasteiger partial charge is 0.346 e. The van der Waals surface area contributed by atoms with E-state index in [0.717, 1.165) is 43.0 Å². The van der Waals surface area contributed by atoms with Gasteiger partial charge in [-0.2, -0.15) is 0 Å². The second-order valence-electron chi connectivity index (χ2n) is 6.51. The number of esters is 1. The molecule has 3 heterocycles. The van der Waals surface area contributed by atoms with Crippen LogP contribution in [0.1, 0.15) is 41.1 Å². The minimum atomic E-state index is -0.446. The van der Waals surface area contributed by atoms with Gasteiger partial charge in [-0.05, 0) is 38.0 Å². The number of aromatic nitrogens is 3. The first-order valence-electron chi connectivity index (χ1n) is 8.89. The van der Waals surface area contributed by atoms with Crippen molar-refractivity contribution in [2.45, 2.75) is 39.2 Å². The molecule has 6 nitrogen and oxygen atoms in total. The number of hydrogen-bond acceptors (Lipinski definition) is 5. The number of aryl methyl sites for hydroxylation is 3. The molecular formula is C20H21N3O3. The zero-order valence-electron chi connectivity index (χ0n) is 15.0. The standard InChI is InChI=1S/C20H21N3O3/c1-13-12-14(20(24)26-16-9-6-5-8-15(16)25-2)18-19(21-13)23-11-7-3-4-10-17(23)22-18/h5-6,8-9,12H,3-4,7,10-11H2,1-2H3. The molecule has 3 aromatic rings. The van der Waals surface area contributed by atoms with Crippen LogP contribution in [0.4, 0.5) is 0 Å². The molecule has 0 aliphatic carbocycles. The van der Waals surface area contributed by atoms with Gasteiger partial charge in [-0.1, -0.05) is 18.6 Å². The van der Waals surface area contributed by atoms with Crippen molar-refractivity contribution in [1.82, 2.24) is 14.5 Å². The molecule has 1 aliphatic rings. The number of pyridine rings is 1. The van der Waals surface area contributed by atoms with Crippen molar-refractivity contribution < 1.29 is 14.3 Å². The first kappa shape index (κ1) is 16.6. The highest BCUT2D eigenvalue weighted by atomic mass is 16.6. The summed E-state index contributed by atoms with van der Waals surface area (Å²) in [5.74, 6) is 1.46. The fourth-order valence-electron chi connectivity index (χ4n) is 3.43. The number of rotatable bonds is 3. The lowest BCUT2D eigenvalue weighted by atomic mass is 10.2. The molecule has 0 N–H and O–H groups in total. The van der Waals surface area contributed by atoms with Gasteiger partial charge in [0.2, 0.25) is 0 Å². The third kappa shape index (κ3) is 2.92. The number of carbonyl (C=O) groups excluding carboxylic acids is 1. The van der Waals surface area contributed by atoms with E-state index in [2.05, 4.69) is 9.55 Å². The van der Waals surface area contributed by atoms with Crippen LogP contribution >= 0.6 is 0 Å². The van der Waals surface area contributed by atoms with Crippen LogP contribution in [0.25, 0.3) is 11.2 Å². The van der Waals surface area contributed by atoms with Gasteiger partial charge in [0.05, 0.1) is 12.7 Å². The lowest BCUT2D eigenvalue weighted by molar-refractivity contribution is 0.0731. The van der Waals surface area contributed by atoms with Gasteiger partial charge in [-0.15, -0.1) is 0 Å². The Morgan fingerprint density at radius 3 is 2.73 bits per heavy atom. The number of imidazole rings is 1. The average Bonchev–Trinajstić information content (AvgIpc) is 2.83. The molecule has 6 heteroatoms. The molecule has 4 rings (SSSR count). The van der Waals surface area contributed by atoms with Crippen LogP contribution in [0.5, 0.6) is 11.5 Å². The number of para-hydroxylation sites is 2. The Hall–Kier alpha value is -2.89. The summed E-state index contributed by atoms with van der Waals surface area (Å²) >= 11 is 0. The van der Waals surface area contributed by atoms with E-state index >= 15 is 0 Å². The topological polar surface area (TPSA) is 66.2 Å². The first-order valence-corrected chi connectivity index (χ1v) is 8.89. The lowest BCUT2D eigenvalue weighted by Crippen LogP contribution is -2.11. The van der Waals surface area contributed by atoms with Gasteiger partial charge in [-0.25, -0.2) is 14.8 Å². The molecule has 0 atom stereocenters. The molecule has 0 fully saturated rings. The molecule has 0 radical (unpaired) electrons. The van der Waals surface area contributed by atoms with Crippen molar-refractivity contribution in [2.24, 2.45) is 0 Å². The summed E-state index contributed by atoms with van der Waals surface area (Å²) in [6.07, 6.45) is 4.33. The predicted molar refractivity (Wildman–Crippen MR) is 97.8 cm³/mol. The number of ether oxygens (including phenoxy) is 2. The number of nitrogens with zero attached hydrogens (tertiary/aromatic N) is 3. The fraction of sp³-hybridized carbons (Fsp3) is 0.350. The monoisotopic (exact) mass is 351 g/mol. The average molecular weight is 351 g/mol. The highest BCUT2D eigenvalue weighted by Gasteiger charge is 2.22. The van der Waals surface area contributed by atoms with Crippen LogP contribution in [0.3, 0.4) is 0 Å². The van der Waals surface area contributed by atoms with E-state index in [1.807, 2.05) is 13.0 Å². The second kappa shape index (κ2) is 6.78. The molecular weight excluding hydrogens is 330 g/mol. The highest BCUT2D eigenvalue weighted by Crippen LogP contribution is 2.29. The van der Waals surface area contributed by atoms with Crippen molar-refractivity contribution in [2.75, 3.05) is 7.11 Å². The van der Waals surface area contributed by atoms with Crippen molar-refractivity contribution in [3.63, 3.8) is 0 Å². The molecule has 0 spiro atoms. The number of fused-ring (bicyclic) bond motifs is 3. The van der Waals surface area contributed by atoms with E-state index in [1.165, 1.54) is 6.42 Å². The third-order valence-corrected chi connectivity index (χ3v) is 4.68. The SMILES string of the molecule is COc1ccccc1OC(=O)c1cc(C)nc2c1nc1n2CCCCC1. The van der Waals surface area contributed by atoms with E-state index in [-0.39, 0.29) is 0 Å². The molecule has 1 aliphatic heterocycles. The van der Waals surface area contributed by atoms with Gasteiger partial charge < -0.3 is 14.0 Å². The van der Waals surface area contributed by atoms with E-state index in [1.54, 1.807) is 31.4 Å².